The van der Waals surface area contributed by atoms with Crippen molar-refractivity contribution >= 4 is 29.6 Å². The minimum absolute atomic E-state index is 0.0415. The quantitative estimate of drug-likeness (QED) is 0.632. The minimum atomic E-state index is -0.337. The van der Waals surface area contributed by atoms with Gasteiger partial charge in [-0.1, -0.05) is 0 Å². The van der Waals surface area contributed by atoms with Crippen molar-refractivity contribution in [1.82, 2.24) is 15.2 Å². The summed E-state index contributed by atoms with van der Waals surface area (Å²) >= 11 is 1.50. The molecule has 7 nitrogen and oxygen atoms in total. The molecule has 22 heavy (non-hydrogen) atoms. The van der Waals surface area contributed by atoms with Crippen molar-refractivity contribution < 1.29 is 14.3 Å². The third-order valence-electron chi connectivity index (χ3n) is 3.61. The van der Waals surface area contributed by atoms with Gasteiger partial charge in [0.2, 0.25) is 6.41 Å². The van der Waals surface area contributed by atoms with Gasteiger partial charge in [0, 0.05) is 30.2 Å². The average Bonchev–Trinajstić information content (AvgIpc) is 3.16. The highest BCUT2D eigenvalue weighted by atomic mass is 32.1. The molecule has 2 aliphatic rings. The van der Waals surface area contributed by atoms with E-state index in [2.05, 4.69) is 15.3 Å². The Kier molecular flexibility index (Phi) is 4.19. The number of hydrogen-bond donors (Lipinski definition) is 1. The molecule has 1 unspecified atom stereocenters. The highest BCUT2D eigenvalue weighted by Crippen LogP contribution is 2.31. The summed E-state index contributed by atoms with van der Waals surface area (Å²) < 4.78 is 5.12. The van der Waals surface area contributed by atoms with E-state index in [4.69, 9.17) is 4.74 Å². The molecule has 1 atom stereocenters. The van der Waals surface area contributed by atoms with Crippen LogP contribution in [0.3, 0.4) is 0 Å². The van der Waals surface area contributed by atoms with Gasteiger partial charge in [-0.15, -0.1) is 11.3 Å². The smallest absolute Gasteiger partial charge is 0.337 e. The zero-order valence-electron chi connectivity index (χ0n) is 12.1. The van der Waals surface area contributed by atoms with Gasteiger partial charge in [0.15, 0.2) is 10.8 Å². The van der Waals surface area contributed by atoms with Crippen molar-refractivity contribution in [2.24, 2.45) is 4.99 Å². The Morgan fingerprint density at radius 2 is 2.50 bits per heavy atom. The number of carbonyl (C=O) groups is 2. The predicted octanol–water partition coefficient (Wildman–Crippen LogP) is 0.541. The van der Waals surface area contributed by atoms with Gasteiger partial charge in [-0.25, -0.2) is 9.78 Å². The summed E-state index contributed by atoms with van der Waals surface area (Å²) in [4.78, 5) is 33.6. The van der Waals surface area contributed by atoms with Gasteiger partial charge in [0.25, 0.3) is 0 Å². The zero-order chi connectivity index (χ0) is 15.5. The summed E-state index contributed by atoms with van der Waals surface area (Å²) in [6, 6.07) is -0.0415. The Morgan fingerprint density at radius 3 is 3.18 bits per heavy atom. The lowest BCUT2D eigenvalue weighted by Gasteiger charge is -2.26. The number of amidine groups is 1. The summed E-state index contributed by atoms with van der Waals surface area (Å²) in [5.41, 5.74) is 1.44. The summed E-state index contributed by atoms with van der Waals surface area (Å²) in [5, 5.41) is 5.48. The molecule has 8 heteroatoms. The van der Waals surface area contributed by atoms with Crippen LogP contribution in [-0.2, 0) is 14.3 Å². The maximum absolute atomic E-state index is 12.1. The normalized spacial score (nSPS) is 20.5. The molecule has 3 rings (SSSR count). The molecular weight excluding hydrogens is 304 g/mol. The SMILES string of the molecule is CCOC(=O)C1=C2CC(NC=O)CN2C(c2nccs2)=NC1. The molecule has 2 aliphatic heterocycles. The molecule has 1 amide bonds. The molecule has 0 bridgehead atoms. The van der Waals surface area contributed by atoms with Crippen LogP contribution < -0.4 is 5.32 Å². The van der Waals surface area contributed by atoms with Crippen LogP contribution in [0.4, 0.5) is 0 Å². The first-order chi connectivity index (χ1) is 10.7. The summed E-state index contributed by atoms with van der Waals surface area (Å²) in [7, 11) is 0. The number of aromatic nitrogens is 1. The Labute approximate surface area is 131 Å². The first-order valence-electron chi connectivity index (χ1n) is 7.05. The molecule has 1 aromatic rings. The van der Waals surface area contributed by atoms with Crippen LogP contribution in [0.1, 0.15) is 18.4 Å². The number of esters is 1. The zero-order valence-corrected chi connectivity index (χ0v) is 12.9. The van der Waals surface area contributed by atoms with Crippen LogP contribution in [0.2, 0.25) is 0 Å². The number of ether oxygens (including phenoxy) is 1. The molecule has 0 aliphatic carbocycles. The summed E-state index contributed by atoms with van der Waals surface area (Å²) in [6.45, 7) is 2.97. The van der Waals surface area contributed by atoms with Crippen molar-refractivity contribution in [3.05, 3.63) is 27.9 Å². The fourth-order valence-corrected chi connectivity index (χ4v) is 3.35. The fraction of sp³-hybridized carbons (Fsp3) is 0.429. The molecule has 116 valence electrons. The molecule has 1 N–H and O–H groups in total. The van der Waals surface area contributed by atoms with Crippen LogP contribution >= 0.6 is 11.3 Å². The molecule has 3 heterocycles. The Balaban J connectivity index is 1.93. The fourth-order valence-electron chi connectivity index (χ4n) is 2.70. The first kappa shape index (κ1) is 14.7. The van der Waals surface area contributed by atoms with Crippen molar-refractivity contribution in [2.45, 2.75) is 19.4 Å². The maximum atomic E-state index is 12.1. The van der Waals surface area contributed by atoms with E-state index in [0.29, 0.717) is 31.6 Å². The van der Waals surface area contributed by atoms with Crippen molar-refractivity contribution in [3.8, 4) is 0 Å². The van der Waals surface area contributed by atoms with E-state index in [9.17, 15) is 9.59 Å². The third-order valence-corrected chi connectivity index (χ3v) is 4.38. The molecular formula is C14H16N4O3S. The second kappa shape index (κ2) is 6.27. The second-order valence-corrected chi connectivity index (χ2v) is 5.81. The van der Waals surface area contributed by atoms with Gasteiger partial charge in [-0.3, -0.25) is 9.79 Å². The molecule has 1 saturated heterocycles. The number of fused-ring (bicyclic) bond motifs is 1. The maximum Gasteiger partial charge on any atom is 0.337 e. The Hall–Kier alpha value is -2.22. The van der Waals surface area contributed by atoms with E-state index in [0.717, 1.165) is 16.5 Å². The largest absolute Gasteiger partial charge is 0.463 e. The van der Waals surface area contributed by atoms with Crippen LogP contribution in [0.25, 0.3) is 0 Å². The van der Waals surface area contributed by atoms with Crippen molar-refractivity contribution in [3.63, 3.8) is 0 Å². The minimum Gasteiger partial charge on any atom is -0.463 e. The number of hydrogen-bond acceptors (Lipinski definition) is 7. The van der Waals surface area contributed by atoms with Crippen LogP contribution in [-0.4, -0.2) is 53.8 Å². The van der Waals surface area contributed by atoms with E-state index in [1.54, 1.807) is 13.1 Å². The number of carbonyl (C=O) groups excluding carboxylic acids is 2. The van der Waals surface area contributed by atoms with Gasteiger partial charge >= 0.3 is 5.97 Å². The number of aliphatic imine (C=N–C) groups is 1. The third kappa shape index (κ3) is 2.61. The number of thiazole rings is 1. The number of rotatable bonds is 5. The topological polar surface area (TPSA) is 83.9 Å². The number of nitrogens with zero attached hydrogens (tertiary/aromatic N) is 3. The highest BCUT2D eigenvalue weighted by molar-refractivity contribution is 7.11. The molecule has 0 spiro atoms. The van der Waals surface area contributed by atoms with E-state index in [1.165, 1.54) is 11.3 Å². The number of amides is 1. The lowest BCUT2D eigenvalue weighted by Crippen LogP contribution is -2.37. The molecule has 0 saturated carbocycles. The van der Waals surface area contributed by atoms with E-state index >= 15 is 0 Å². The summed E-state index contributed by atoms with van der Waals surface area (Å²) in [6.07, 6.45) is 3.01. The summed E-state index contributed by atoms with van der Waals surface area (Å²) in [5.74, 6) is 0.421. The predicted molar refractivity (Wildman–Crippen MR) is 81.5 cm³/mol. The van der Waals surface area contributed by atoms with Gasteiger partial charge in [-0.2, -0.15) is 0 Å². The molecule has 0 aromatic carbocycles. The van der Waals surface area contributed by atoms with Crippen LogP contribution in [0.5, 0.6) is 0 Å². The van der Waals surface area contributed by atoms with Crippen molar-refractivity contribution in [2.75, 3.05) is 19.7 Å². The standard InChI is InChI=1S/C14H16N4O3S/c1-2-21-14(20)10-6-16-12(13-15-3-4-22-13)18-7-9(17-8-19)5-11(10)18/h3-4,8-9H,2,5-7H2,1H3,(H,17,19). The molecule has 1 fully saturated rings. The Bertz CT molecular complexity index is 639. The molecule has 1 aromatic heterocycles. The second-order valence-electron chi connectivity index (χ2n) is 4.92. The van der Waals surface area contributed by atoms with Gasteiger partial charge in [-0.05, 0) is 6.92 Å². The lowest BCUT2D eigenvalue weighted by molar-refractivity contribution is -0.138. The van der Waals surface area contributed by atoms with Gasteiger partial charge in [0.1, 0.15) is 0 Å². The van der Waals surface area contributed by atoms with E-state index < -0.39 is 0 Å². The van der Waals surface area contributed by atoms with Crippen LogP contribution in [0, 0.1) is 0 Å². The van der Waals surface area contributed by atoms with Gasteiger partial charge in [0.05, 0.1) is 24.8 Å². The number of nitrogens with one attached hydrogen (secondary N) is 1. The lowest BCUT2D eigenvalue weighted by atomic mass is 10.1. The van der Waals surface area contributed by atoms with Crippen molar-refractivity contribution in [1.29, 1.82) is 0 Å². The van der Waals surface area contributed by atoms with E-state index in [-0.39, 0.29) is 18.6 Å². The highest BCUT2D eigenvalue weighted by Gasteiger charge is 2.37. The molecule has 0 radical (unpaired) electrons. The average molecular weight is 320 g/mol. The monoisotopic (exact) mass is 320 g/mol. The van der Waals surface area contributed by atoms with Gasteiger partial charge < -0.3 is 15.0 Å². The van der Waals surface area contributed by atoms with Crippen LogP contribution in [0.15, 0.2) is 27.8 Å². The van der Waals surface area contributed by atoms with E-state index in [1.807, 2.05) is 10.3 Å². The first-order valence-corrected chi connectivity index (χ1v) is 7.93. The Morgan fingerprint density at radius 1 is 1.64 bits per heavy atom.